The number of benzene rings is 1. The van der Waals surface area contributed by atoms with E-state index in [1.54, 1.807) is 12.1 Å². The molecule has 1 aromatic carbocycles. The van der Waals surface area contributed by atoms with Crippen molar-refractivity contribution in [3.63, 3.8) is 0 Å². The second-order valence-corrected chi connectivity index (χ2v) is 10.5. The third-order valence-corrected chi connectivity index (χ3v) is 8.06. The fourth-order valence-electron chi connectivity index (χ4n) is 7.03. The number of nitrogens with one attached hydrogen (secondary N) is 2. The SMILES string of the molecule is O=C(NC1CCC(OCc2ccc([N+](=O)[O-])cc2)CC1)NC12CC3CC(CC(C3)C1)C2. The normalized spacial score (nSPS) is 36.2. The molecule has 0 spiro atoms. The van der Waals surface area contributed by atoms with Gasteiger partial charge in [-0.25, -0.2) is 4.79 Å². The first kappa shape index (κ1) is 20.7. The molecular weight excluding hydrogens is 394 g/mol. The average Bonchev–Trinajstić information content (AvgIpc) is 2.72. The van der Waals surface area contributed by atoms with Crippen molar-refractivity contribution >= 4 is 11.7 Å². The molecule has 0 aromatic heterocycles. The number of ether oxygens (including phenoxy) is 1. The Bertz CT molecular complexity index is 781. The number of urea groups is 1. The molecular formula is C24H33N3O4. The van der Waals surface area contributed by atoms with Crippen LogP contribution in [0.1, 0.15) is 69.8 Å². The highest BCUT2D eigenvalue weighted by molar-refractivity contribution is 5.75. The number of carbonyl (C=O) groups excluding carboxylic acids is 1. The minimum atomic E-state index is -0.391. The lowest BCUT2D eigenvalue weighted by molar-refractivity contribution is -0.384. The topological polar surface area (TPSA) is 93.5 Å². The Hall–Kier alpha value is -2.15. The number of carbonyl (C=O) groups is 1. The Balaban J connectivity index is 1.04. The van der Waals surface area contributed by atoms with E-state index in [1.165, 1.54) is 50.7 Å². The van der Waals surface area contributed by atoms with Crippen LogP contribution in [0.25, 0.3) is 0 Å². The van der Waals surface area contributed by atoms with Crippen LogP contribution in [0.5, 0.6) is 0 Å². The molecule has 0 radical (unpaired) electrons. The van der Waals surface area contributed by atoms with Crippen molar-refractivity contribution < 1.29 is 14.5 Å². The smallest absolute Gasteiger partial charge is 0.315 e. The van der Waals surface area contributed by atoms with E-state index in [9.17, 15) is 14.9 Å². The summed E-state index contributed by atoms with van der Waals surface area (Å²) in [6.07, 6.45) is 11.6. The maximum absolute atomic E-state index is 12.8. The standard InChI is InChI=1S/C24H33N3O4/c28-23(26-24-12-17-9-18(13-24)11-19(10-17)14-24)25-20-3-7-22(8-4-20)31-15-16-1-5-21(6-2-16)27(29)30/h1-2,5-6,17-20,22H,3-4,7-15H2,(H2,25,26,28). The van der Waals surface area contributed by atoms with Crippen LogP contribution in [0.15, 0.2) is 24.3 Å². The molecule has 0 aliphatic heterocycles. The van der Waals surface area contributed by atoms with Gasteiger partial charge in [0, 0.05) is 23.7 Å². The number of non-ortho nitro benzene ring substituents is 1. The monoisotopic (exact) mass is 427 g/mol. The molecule has 7 heteroatoms. The maximum Gasteiger partial charge on any atom is 0.315 e. The Kier molecular flexibility index (Phi) is 5.63. The van der Waals surface area contributed by atoms with Gasteiger partial charge < -0.3 is 15.4 Å². The number of hydrogen-bond acceptors (Lipinski definition) is 4. The Labute approximate surface area is 183 Å². The van der Waals surface area contributed by atoms with Crippen molar-refractivity contribution in [2.45, 2.75) is 88.5 Å². The van der Waals surface area contributed by atoms with Gasteiger partial charge in [0.25, 0.3) is 5.69 Å². The number of nitro groups is 1. The lowest BCUT2D eigenvalue weighted by Crippen LogP contribution is -2.62. The van der Waals surface area contributed by atoms with Gasteiger partial charge in [-0.05, 0) is 99.7 Å². The van der Waals surface area contributed by atoms with Crippen LogP contribution in [-0.2, 0) is 11.3 Å². The van der Waals surface area contributed by atoms with Gasteiger partial charge in [0.15, 0.2) is 0 Å². The molecule has 0 unspecified atom stereocenters. The summed E-state index contributed by atoms with van der Waals surface area (Å²) in [6, 6.07) is 6.77. The van der Waals surface area contributed by atoms with Crippen LogP contribution in [0.2, 0.25) is 0 Å². The zero-order valence-corrected chi connectivity index (χ0v) is 18.1. The first-order valence-electron chi connectivity index (χ1n) is 11.9. The lowest BCUT2D eigenvalue weighted by atomic mass is 9.53. The van der Waals surface area contributed by atoms with Gasteiger partial charge >= 0.3 is 6.03 Å². The molecule has 5 fully saturated rings. The van der Waals surface area contributed by atoms with Crippen LogP contribution in [0.4, 0.5) is 10.5 Å². The van der Waals surface area contributed by atoms with Crippen LogP contribution in [0, 0.1) is 27.9 Å². The molecule has 7 nitrogen and oxygen atoms in total. The van der Waals surface area contributed by atoms with E-state index in [0.29, 0.717) is 6.61 Å². The summed E-state index contributed by atoms with van der Waals surface area (Å²) >= 11 is 0. The largest absolute Gasteiger partial charge is 0.374 e. The van der Waals surface area contributed by atoms with E-state index in [-0.39, 0.29) is 29.4 Å². The number of nitro benzene ring substituents is 1. The van der Waals surface area contributed by atoms with E-state index in [0.717, 1.165) is 49.0 Å². The molecule has 2 amide bonds. The molecule has 5 aliphatic rings. The summed E-state index contributed by atoms with van der Waals surface area (Å²) in [4.78, 5) is 23.1. The second kappa shape index (κ2) is 8.41. The second-order valence-electron chi connectivity index (χ2n) is 10.5. The lowest BCUT2D eigenvalue weighted by Gasteiger charge is -2.56. The summed E-state index contributed by atoms with van der Waals surface area (Å²) in [7, 11) is 0. The number of amides is 2. The molecule has 6 rings (SSSR count). The molecule has 5 saturated carbocycles. The molecule has 4 bridgehead atoms. The van der Waals surface area contributed by atoms with E-state index < -0.39 is 4.92 Å². The van der Waals surface area contributed by atoms with Crippen molar-refractivity contribution in [3.05, 3.63) is 39.9 Å². The predicted molar refractivity (Wildman–Crippen MR) is 116 cm³/mol. The van der Waals surface area contributed by atoms with Crippen LogP contribution >= 0.6 is 0 Å². The van der Waals surface area contributed by atoms with Gasteiger partial charge in [-0.3, -0.25) is 10.1 Å². The van der Waals surface area contributed by atoms with Crippen LogP contribution < -0.4 is 10.6 Å². The fourth-order valence-corrected chi connectivity index (χ4v) is 7.03. The highest BCUT2D eigenvalue weighted by atomic mass is 16.6. The van der Waals surface area contributed by atoms with Crippen molar-refractivity contribution in [2.24, 2.45) is 17.8 Å². The van der Waals surface area contributed by atoms with E-state index in [4.69, 9.17) is 4.74 Å². The van der Waals surface area contributed by atoms with Gasteiger partial charge in [0.1, 0.15) is 0 Å². The third-order valence-electron chi connectivity index (χ3n) is 8.06. The van der Waals surface area contributed by atoms with Crippen LogP contribution in [-0.4, -0.2) is 28.6 Å². The summed E-state index contributed by atoms with van der Waals surface area (Å²) in [5.41, 5.74) is 1.10. The fraction of sp³-hybridized carbons (Fsp3) is 0.708. The zero-order valence-electron chi connectivity index (χ0n) is 18.1. The van der Waals surface area contributed by atoms with Crippen molar-refractivity contribution in [3.8, 4) is 0 Å². The Morgan fingerprint density at radius 1 is 1.00 bits per heavy atom. The van der Waals surface area contributed by atoms with Gasteiger partial charge in [0.2, 0.25) is 0 Å². The molecule has 31 heavy (non-hydrogen) atoms. The molecule has 0 saturated heterocycles. The highest BCUT2D eigenvalue weighted by Crippen LogP contribution is 2.55. The summed E-state index contributed by atoms with van der Waals surface area (Å²) in [5.74, 6) is 2.49. The average molecular weight is 428 g/mol. The summed E-state index contributed by atoms with van der Waals surface area (Å²) in [5, 5.41) is 17.4. The first-order valence-corrected chi connectivity index (χ1v) is 11.9. The quantitative estimate of drug-likeness (QED) is 0.509. The predicted octanol–water partition coefficient (Wildman–Crippen LogP) is 4.69. The van der Waals surface area contributed by atoms with E-state index in [2.05, 4.69) is 10.6 Å². The van der Waals surface area contributed by atoms with E-state index in [1.807, 2.05) is 0 Å². The summed E-state index contributed by atoms with van der Waals surface area (Å²) < 4.78 is 6.02. The van der Waals surface area contributed by atoms with Crippen molar-refractivity contribution in [1.29, 1.82) is 0 Å². The van der Waals surface area contributed by atoms with Crippen molar-refractivity contribution in [1.82, 2.24) is 10.6 Å². The van der Waals surface area contributed by atoms with Gasteiger partial charge in [-0.2, -0.15) is 0 Å². The molecule has 1 aromatic rings. The minimum absolute atomic E-state index is 0.0252. The molecule has 5 aliphatic carbocycles. The molecule has 0 heterocycles. The van der Waals surface area contributed by atoms with Crippen LogP contribution in [0.3, 0.4) is 0 Å². The van der Waals surface area contributed by atoms with Crippen molar-refractivity contribution in [2.75, 3.05) is 0 Å². The van der Waals surface area contributed by atoms with Gasteiger partial charge in [0.05, 0.1) is 17.6 Å². The van der Waals surface area contributed by atoms with Gasteiger partial charge in [-0.1, -0.05) is 0 Å². The maximum atomic E-state index is 12.8. The van der Waals surface area contributed by atoms with Gasteiger partial charge in [-0.15, -0.1) is 0 Å². The molecule has 168 valence electrons. The Morgan fingerprint density at radius 3 is 2.13 bits per heavy atom. The number of hydrogen-bond donors (Lipinski definition) is 2. The zero-order chi connectivity index (χ0) is 21.4. The first-order chi connectivity index (χ1) is 15.0. The number of nitrogens with zero attached hydrogens (tertiary/aromatic N) is 1. The highest BCUT2D eigenvalue weighted by Gasteiger charge is 2.51. The number of rotatable bonds is 6. The third kappa shape index (κ3) is 4.71. The summed E-state index contributed by atoms with van der Waals surface area (Å²) in [6.45, 7) is 0.466. The Morgan fingerprint density at radius 2 is 1.58 bits per heavy atom. The van der Waals surface area contributed by atoms with E-state index >= 15 is 0 Å². The minimum Gasteiger partial charge on any atom is -0.374 e. The molecule has 0 atom stereocenters. The molecule has 2 N–H and O–H groups in total.